The summed E-state index contributed by atoms with van der Waals surface area (Å²) < 4.78 is 0. The lowest BCUT2D eigenvalue weighted by Crippen LogP contribution is -2.16. The molecule has 0 spiro atoms. The van der Waals surface area contributed by atoms with Crippen molar-refractivity contribution in [3.8, 4) is 0 Å². The second-order valence-electron chi connectivity index (χ2n) is 10.3. The van der Waals surface area contributed by atoms with Crippen molar-refractivity contribution >= 4 is 28.7 Å². The third-order valence-electron chi connectivity index (χ3n) is 7.62. The largest absolute Gasteiger partial charge is 0.371 e. The minimum Gasteiger partial charge on any atom is -0.371 e. The van der Waals surface area contributed by atoms with Crippen LogP contribution in [0.5, 0.6) is 0 Å². The normalized spacial score (nSPS) is 14.5. The van der Waals surface area contributed by atoms with Crippen molar-refractivity contribution in [2.24, 2.45) is 0 Å². The quantitative estimate of drug-likeness (QED) is 0.0672. The molecule has 2 aliphatic rings. The Kier molecular flexibility index (Phi) is 12.7. The number of hydrogen-bond acceptors (Lipinski definition) is 4. The Bertz CT molecular complexity index is 1290. The Balaban J connectivity index is 0.000000339. The van der Waals surface area contributed by atoms with Gasteiger partial charge in [-0.15, -0.1) is 13.2 Å². The number of hydrogen-bond donors (Lipinski definition) is 5. The summed E-state index contributed by atoms with van der Waals surface area (Å²) in [7, 11) is 0. The van der Waals surface area contributed by atoms with Crippen LogP contribution in [0.15, 0.2) is 72.8 Å². The number of aromatic amines is 1. The van der Waals surface area contributed by atoms with Gasteiger partial charge < -0.3 is 15.6 Å². The Morgan fingerprint density at radius 3 is 2.48 bits per heavy atom. The third-order valence-corrected chi connectivity index (χ3v) is 7.62. The van der Waals surface area contributed by atoms with Gasteiger partial charge in [0.05, 0.1) is 0 Å². The molecule has 6 nitrogen and oxygen atoms in total. The van der Waals surface area contributed by atoms with Crippen LogP contribution in [-0.4, -0.2) is 29.2 Å². The van der Waals surface area contributed by atoms with Crippen LogP contribution in [0, 0.1) is 0 Å². The monoisotopic (exact) mass is 542 g/mol. The number of aryl methyl sites for hydroxylation is 1. The molecule has 0 saturated heterocycles. The van der Waals surface area contributed by atoms with Gasteiger partial charge in [0, 0.05) is 35.6 Å². The zero-order valence-corrected chi connectivity index (χ0v) is 24.2. The minimum absolute atomic E-state index is 0.537. The van der Waals surface area contributed by atoms with Crippen LogP contribution >= 0.6 is 0 Å². The fraction of sp³-hybridized carbons (Fsp3) is 0.382. The summed E-state index contributed by atoms with van der Waals surface area (Å²) in [5.74, 6) is 0.654. The molecule has 40 heavy (non-hydrogen) atoms. The van der Waals surface area contributed by atoms with E-state index in [4.69, 9.17) is 5.21 Å². The van der Waals surface area contributed by atoms with Crippen molar-refractivity contribution in [3.63, 3.8) is 0 Å². The average molecular weight is 543 g/mol. The van der Waals surface area contributed by atoms with E-state index >= 15 is 0 Å². The number of benzene rings is 2. The standard InChI is InChI=1S/C23H26N4O2.C9H16.C2H4/c28-22(27-29)10-8-16-3-5-18(6-4-16)15-24-13-11-17-7-9-19-20-2-1-12-25-23(20)26-21(19)14-17;1-3-9-7-5-4-6-8(9)2;1-2/h3-10,14,24-26,29H,1-2,11-13,15H2,(H,27,28);3-7H2,1-2H3;1-2H2/b10-8+;;. The van der Waals surface area contributed by atoms with Gasteiger partial charge in [-0.25, -0.2) is 5.48 Å². The zero-order chi connectivity index (χ0) is 28.7. The first-order valence-corrected chi connectivity index (χ1v) is 14.5. The molecular weight excluding hydrogens is 496 g/mol. The second-order valence-corrected chi connectivity index (χ2v) is 10.3. The molecule has 1 aliphatic carbocycles. The van der Waals surface area contributed by atoms with E-state index in [2.05, 4.69) is 60.8 Å². The maximum absolute atomic E-state index is 11.0. The van der Waals surface area contributed by atoms with Crippen LogP contribution in [0.3, 0.4) is 0 Å². The highest BCUT2D eigenvalue weighted by Crippen LogP contribution is 2.30. The van der Waals surface area contributed by atoms with Crippen LogP contribution in [-0.2, 0) is 24.2 Å². The first-order valence-electron chi connectivity index (χ1n) is 14.5. The molecule has 3 aromatic rings. The molecule has 1 amide bonds. The molecule has 5 rings (SSSR count). The topological polar surface area (TPSA) is 89.2 Å². The molecular formula is C34H46N4O2. The number of rotatable bonds is 8. The van der Waals surface area contributed by atoms with E-state index in [1.54, 1.807) is 22.7 Å². The number of carbonyl (C=O) groups is 1. The molecule has 0 fully saturated rings. The van der Waals surface area contributed by atoms with Gasteiger partial charge in [0.2, 0.25) is 0 Å². The maximum atomic E-state index is 11.0. The van der Waals surface area contributed by atoms with Gasteiger partial charge in [0.15, 0.2) is 0 Å². The molecule has 1 aliphatic heterocycles. The summed E-state index contributed by atoms with van der Waals surface area (Å²) in [5.41, 5.74) is 11.0. The third kappa shape index (κ3) is 8.97. The van der Waals surface area contributed by atoms with E-state index < -0.39 is 5.91 Å². The van der Waals surface area contributed by atoms with E-state index in [9.17, 15) is 4.79 Å². The van der Waals surface area contributed by atoms with Crippen molar-refractivity contribution in [1.29, 1.82) is 0 Å². The van der Waals surface area contributed by atoms with E-state index in [1.807, 2.05) is 24.3 Å². The predicted octanol–water partition coefficient (Wildman–Crippen LogP) is 7.47. The smallest absolute Gasteiger partial charge is 0.267 e. The lowest BCUT2D eigenvalue weighted by molar-refractivity contribution is -0.124. The Morgan fingerprint density at radius 2 is 1.77 bits per heavy atom. The van der Waals surface area contributed by atoms with Crippen LogP contribution in [0.25, 0.3) is 17.0 Å². The predicted molar refractivity (Wildman–Crippen MR) is 169 cm³/mol. The van der Waals surface area contributed by atoms with Crippen LogP contribution in [0.1, 0.15) is 74.6 Å². The molecule has 2 aromatic carbocycles. The summed E-state index contributed by atoms with van der Waals surface area (Å²) >= 11 is 0. The van der Waals surface area contributed by atoms with Gasteiger partial charge in [0.25, 0.3) is 5.91 Å². The van der Waals surface area contributed by atoms with E-state index in [0.717, 1.165) is 38.0 Å². The zero-order valence-electron chi connectivity index (χ0n) is 24.2. The fourth-order valence-electron chi connectivity index (χ4n) is 5.37. The summed E-state index contributed by atoms with van der Waals surface area (Å²) in [5, 5.41) is 16.8. The highest BCUT2D eigenvalue weighted by atomic mass is 16.5. The Hall–Kier alpha value is -3.61. The van der Waals surface area contributed by atoms with E-state index in [0.29, 0.717) is 0 Å². The molecule has 2 heterocycles. The first kappa shape index (κ1) is 30.9. The molecule has 0 atom stereocenters. The first-order chi connectivity index (χ1) is 19.6. The maximum Gasteiger partial charge on any atom is 0.267 e. The fourth-order valence-corrected chi connectivity index (χ4v) is 5.37. The number of anilines is 1. The van der Waals surface area contributed by atoms with Crippen molar-refractivity contribution < 1.29 is 10.0 Å². The molecule has 0 unspecified atom stereocenters. The van der Waals surface area contributed by atoms with Gasteiger partial charge in [0.1, 0.15) is 5.82 Å². The van der Waals surface area contributed by atoms with Gasteiger partial charge in [-0.2, -0.15) is 0 Å². The number of H-pyrrole nitrogens is 1. The van der Waals surface area contributed by atoms with Crippen molar-refractivity contribution in [1.82, 2.24) is 15.8 Å². The number of allylic oxidation sites excluding steroid dienone is 2. The number of nitrogens with one attached hydrogen (secondary N) is 4. The SMILES string of the molecule is C=C.CCC1=C(C)CCCC1.O=C(/C=C/c1ccc(CNCCc2ccc3c4c([nH]c3c2)NCCC4)cc1)NO. The number of amides is 1. The lowest BCUT2D eigenvalue weighted by atomic mass is 9.91. The highest BCUT2D eigenvalue weighted by Gasteiger charge is 2.14. The van der Waals surface area contributed by atoms with Crippen LogP contribution in [0.4, 0.5) is 5.82 Å². The minimum atomic E-state index is -0.537. The van der Waals surface area contributed by atoms with Gasteiger partial charge in [-0.1, -0.05) is 54.5 Å². The average Bonchev–Trinajstić information content (AvgIpc) is 3.38. The van der Waals surface area contributed by atoms with Gasteiger partial charge in [-0.05, 0) is 93.7 Å². The summed E-state index contributed by atoms with van der Waals surface area (Å²) in [6.45, 7) is 13.3. The molecule has 214 valence electrons. The summed E-state index contributed by atoms with van der Waals surface area (Å²) in [6, 6.07) is 14.7. The van der Waals surface area contributed by atoms with E-state index in [1.165, 1.54) is 78.0 Å². The number of carbonyl (C=O) groups excluding carboxylic acids is 1. The summed E-state index contributed by atoms with van der Waals surface area (Å²) in [4.78, 5) is 14.5. The summed E-state index contributed by atoms with van der Waals surface area (Å²) in [6.07, 6.45) is 13.2. The highest BCUT2D eigenvalue weighted by molar-refractivity contribution is 5.91. The Labute approximate surface area is 239 Å². The van der Waals surface area contributed by atoms with Crippen molar-refractivity contribution in [2.45, 2.75) is 71.8 Å². The van der Waals surface area contributed by atoms with Crippen molar-refractivity contribution in [2.75, 3.05) is 18.4 Å². The Morgan fingerprint density at radius 1 is 1.02 bits per heavy atom. The van der Waals surface area contributed by atoms with Gasteiger partial charge >= 0.3 is 0 Å². The molecule has 5 N–H and O–H groups in total. The van der Waals surface area contributed by atoms with E-state index in [-0.39, 0.29) is 0 Å². The molecule has 6 heteroatoms. The lowest BCUT2D eigenvalue weighted by Gasteiger charge is -2.15. The molecule has 0 bridgehead atoms. The molecule has 0 saturated carbocycles. The van der Waals surface area contributed by atoms with Crippen LogP contribution in [0.2, 0.25) is 0 Å². The molecule has 0 radical (unpaired) electrons. The van der Waals surface area contributed by atoms with Crippen molar-refractivity contribution in [3.05, 3.63) is 95.1 Å². The van der Waals surface area contributed by atoms with Crippen LogP contribution < -0.4 is 16.1 Å². The number of fused-ring (bicyclic) bond motifs is 3. The van der Waals surface area contributed by atoms with Gasteiger partial charge in [-0.3, -0.25) is 10.0 Å². The number of aromatic nitrogens is 1. The molecule has 1 aromatic heterocycles. The number of hydroxylamine groups is 1. The second kappa shape index (κ2) is 16.5.